The molecule has 26 heavy (non-hydrogen) atoms. The van der Waals surface area contributed by atoms with E-state index in [9.17, 15) is 9.59 Å². The van der Waals surface area contributed by atoms with Crippen molar-refractivity contribution in [2.75, 3.05) is 0 Å². The molecule has 2 atom stereocenters. The summed E-state index contributed by atoms with van der Waals surface area (Å²) < 4.78 is 0. The van der Waals surface area contributed by atoms with Gasteiger partial charge >= 0.3 is 0 Å². The number of carbonyl (C=O) groups excluding carboxylic acids is 2. The van der Waals surface area contributed by atoms with Crippen LogP contribution in [0.25, 0.3) is 0 Å². The lowest BCUT2D eigenvalue weighted by atomic mass is 9.89. The Morgan fingerprint density at radius 3 is 1.46 bits per heavy atom. The van der Waals surface area contributed by atoms with E-state index in [1.165, 1.54) is 0 Å². The third-order valence-electron chi connectivity index (χ3n) is 4.87. The highest BCUT2D eigenvalue weighted by Gasteiger charge is 2.27. The first-order chi connectivity index (χ1) is 12.7. The fraction of sp³-hybridized carbons (Fsp3) is 0.364. The van der Waals surface area contributed by atoms with Gasteiger partial charge in [-0.3, -0.25) is 9.59 Å². The molecule has 0 aliphatic heterocycles. The van der Waals surface area contributed by atoms with E-state index in [1.807, 2.05) is 60.7 Å². The van der Waals surface area contributed by atoms with Gasteiger partial charge < -0.3 is 10.6 Å². The van der Waals surface area contributed by atoms with Gasteiger partial charge in [-0.2, -0.15) is 0 Å². The number of nitrogens with one attached hydrogen (secondary N) is 2. The molecular formula is C22H26N2O2. The summed E-state index contributed by atoms with van der Waals surface area (Å²) >= 11 is 0. The van der Waals surface area contributed by atoms with Crippen LogP contribution < -0.4 is 10.6 Å². The third kappa shape index (κ3) is 5.45. The lowest BCUT2D eigenvalue weighted by molar-refractivity contribution is -0.124. The van der Waals surface area contributed by atoms with Gasteiger partial charge in [0.1, 0.15) is 0 Å². The number of hydrogen-bond acceptors (Lipinski definition) is 2. The van der Waals surface area contributed by atoms with E-state index in [-0.39, 0.29) is 23.9 Å². The number of benzene rings is 2. The van der Waals surface area contributed by atoms with Crippen LogP contribution in [0.15, 0.2) is 60.7 Å². The zero-order valence-corrected chi connectivity index (χ0v) is 15.0. The molecule has 4 heteroatoms. The summed E-state index contributed by atoms with van der Waals surface area (Å²) in [6.07, 6.45) is 4.75. The van der Waals surface area contributed by atoms with E-state index >= 15 is 0 Å². The Hall–Kier alpha value is -2.62. The smallest absolute Gasteiger partial charge is 0.224 e. The van der Waals surface area contributed by atoms with E-state index in [0.29, 0.717) is 12.8 Å². The Morgan fingerprint density at radius 2 is 1.08 bits per heavy atom. The van der Waals surface area contributed by atoms with Crippen molar-refractivity contribution in [2.45, 2.75) is 50.6 Å². The molecule has 1 aliphatic carbocycles. The lowest BCUT2D eigenvalue weighted by Crippen LogP contribution is -2.53. The summed E-state index contributed by atoms with van der Waals surface area (Å²) in [5.41, 5.74) is 2.01. The van der Waals surface area contributed by atoms with Crippen molar-refractivity contribution in [2.24, 2.45) is 0 Å². The van der Waals surface area contributed by atoms with Crippen LogP contribution in [-0.4, -0.2) is 23.9 Å². The quantitative estimate of drug-likeness (QED) is 0.841. The van der Waals surface area contributed by atoms with Gasteiger partial charge in [0.05, 0.1) is 12.8 Å². The summed E-state index contributed by atoms with van der Waals surface area (Å²) in [5, 5.41) is 6.27. The van der Waals surface area contributed by atoms with Crippen LogP contribution in [0, 0.1) is 0 Å². The number of hydrogen-bond donors (Lipinski definition) is 2. The number of carbonyl (C=O) groups is 2. The van der Waals surface area contributed by atoms with Gasteiger partial charge in [0.2, 0.25) is 11.8 Å². The number of amides is 2. The minimum atomic E-state index is 0.0136. The molecule has 4 nitrogen and oxygen atoms in total. The maximum absolute atomic E-state index is 12.4. The van der Waals surface area contributed by atoms with Crippen LogP contribution >= 0.6 is 0 Å². The molecule has 1 fully saturated rings. The van der Waals surface area contributed by atoms with Gasteiger partial charge in [0, 0.05) is 12.1 Å². The van der Waals surface area contributed by atoms with E-state index in [0.717, 1.165) is 36.8 Å². The van der Waals surface area contributed by atoms with Gasteiger partial charge in [-0.1, -0.05) is 73.5 Å². The summed E-state index contributed by atoms with van der Waals surface area (Å²) in [5.74, 6) is 0.0378. The highest BCUT2D eigenvalue weighted by Crippen LogP contribution is 2.19. The Balaban J connectivity index is 1.53. The lowest BCUT2D eigenvalue weighted by Gasteiger charge is -2.33. The molecule has 0 heterocycles. The van der Waals surface area contributed by atoms with E-state index in [4.69, 9.17) is 0 Å². The van der Waals surface area contributed by atoms with E-state index in [2.05, 4.69) is 10.6 Å². The SMILES string of the molecule is O=C(Cc1ccccc1)N[C@@H]1CCCC[C@H]1NC(=O)Cc1ccccc1. The monoisotopic (exact) mass is 350 g/mol. The molecule has 0 saturated heterocycles. The van der Waals surface area contributed by atoms with Crippen molar-refractivity contribution in [3.8, 4) is 0 Å². The van der Waals surface area contributed by atoms with Crippen LogP contribution in [0.2, 0.25) is 0 Å². The summed E-state index contributed by atoms with van der Waals surface area (Å²) in [6, 6.07) is 19.5. The highest BCUT2D eigenvalue weighted by atomic mass is 16.2. The molecule has 0 spiro atoms. The molecule has 0 radical (unpaired) electrons. The fourth-order valence-corrected chi connectivity index (χ4v) is 3.55. The maximum Gasteiger partial charge on any atom is 0.224 e. The van der Waals surface area contributed by atoms with Gasteiger partial charge in [0.15, 0.2) is 0 Å². The average Bonchev–Trinajstić information content (AvgIpc) is 2.65. The zero-order chi connectivity index (χ0) is 18.2. The Morgan fingerprint density at radius 1 is 0.692 bits per heavy atom. The van der Waals surface area contributed by atoms with Gasteiger partial charge in [-0.25, -0.2) is 0 Å². The van der Waals surface area contributed by atoms with Crippen LogP contribution in [0.1, 0.15) is 36.8 Å². The van der Waals surface area contributed by atoms with Crippen molar-refractivity contribution >= 4 is 11.8 Å². The molecule has 1 saturated carbocycles. The van der Waals surface area contributed by atoms with Crippen molar-refractivity contribution in [1.29, 1.82) is 0 Å². The average molecular weight is 350 g/mol. The zero-order valence-electron chi connectivity index (χ0n) is 15.0. The first-order valence-corrected chi connectivity index (χ1v) is 9.37. The highest BCUT2D eigenvalue weighted by molar-refractivity contribution is 5.80. The van der Waals surface area contributed by atoms with Crippen molar-refractivity contribution < 1.29 is 9.59 Å². The molecule has 136 valence electrons. The van der Waals surface area contributed by atoms with E-state index in [1.54, 1.807) is 0 Å². The topological polar surface area (TPSA) is 58.2 Å². The third-order valence-corrected chi connectivity index (χ3v) is 4.87. The van der Waals surface area contributed by atoms with E-state index < -0.39 is 0 Å². The molecule has 2 N–H and O–H groups in total. The van der Waals surface area contributed by atoms with Crippen LogP contribution in [-0.2, 0) is 22.4 Å². The Kier molecular flexibility index (Phi) is 6.42. The molecule has 0 aromatic heterocycles. The molecule has 0 bridgehead atoms. The number of rotatable bonds is 6. The van der Waals surface area contributed by atoms with Crippen molar-refractivity contribution in [1.82, 2.24) is 10.6 Å². The second-order valence-corrected chi connectivity index (χ2v) is 6.96. The molecule has 3 rings (SSSR count). The Bertz CT molecular complexity index is 652. The molecule has 2 aromatic rings. The summed E-state index contributed by atoms with van der Waals surface area (Å²) in [6.45, 7) is 0. The normalized spacial score (nSPS) is 19.5. The first kappa shape index (κ1) is 18.2. The van der Waals surface area contributed by atoms with Crippen LogP contribution in [0.5, 0.6) is 0 Å². The standard InChI is InChI=1S/C22H26N2O2/c25-21(15-17-9-3-1-4-10-17)23-19-13-7-8-14-20(19)24-22(26)16-18-11-5-2-6-12-18/h1-6,9-12,19-20H,7-8,13-16H2,(H,23,25)(H,24,26)/t19-,20-/m1/s1. The summed E-state index contributed by atoms with van der Waals surface area (Å²) in [4.78, 5) is 24.8. The molecular weight excluding hydrogens is 324 g/mol. The molecule has 0 unspecified atom stereocenters. The Labute approximate surface area is 155 Å². The molecule has 2 amide bonds. The summed E-state index contributed by atoms with van der Waals surface area (Å²) in [7, 11) is 0. The fourth-order valence-electron chi connectivity index (χ4n) is 3.55. The second-order valence-electron chi connectivity index (χ2n) is 6.96. The van der Waals surface area contributed by atoms with Gasteiger partial charge in [0.25, 0.3) is 0 Å². The van der Waals surface area contributed by atoms with Crippen molar-refractivity contribution in [3.05, 3.63) is 71.8 Å². The minimum absolute atomic E-state index is 0.0136. The maximum atomic E-state index is 12.4. The van der Waals surface area contributed by atoms with Crippen LogP contribution in [0.4, 0.5) is 0 Å². The predicted molar refractivity (Wildman–Crippen MR) is 103 cm³/mol. The van der Waals surface area contributed by atoms with Gasteiger partial charge in [-0.15, -0.1) is 0 Å². The molecule has 1 aliphatic rings. The predicted octanol–water partition coefficient (Wildman–Crippen LogP) is 3.02. The minimum Gasteiger partial charge on any atom is -0.351 e. The second kappa shape index (κ2) is 9.18. The largest absolute Gasteiger partial charge is 0.351 e. The van der Waals surface area contributed by atoms with Gasteiger partial charge in [-0.05, 0) is 24.0 Å². The molecule has 2 aromatic carbocycles. The van der Waals surface area contributed by atoms with Crippen molar-refractivity contribution in [3.63, 3.8) is 0 Å². The first-order valence-electron chi connectivity index (χ1n) is 9.37. The van der Waals surface area contributed by atoms with Crippen LogP contribution in [0.3, 0.4) is 0 Å².